The van der Waals surface area contributed by atoms with E-state index in [4.69, 9.17) is 9.47 Å². The number of hydrogen-bond acceptors (Lipinski definition) is 6. The van der Waals surface area contributed by atoms with Gasteiger partial charge >= 0.3 is 0 Å². The number of nitrogens with one attached hydrogen (secondary N) is 1. The maximum absolute atomic E-state index is 13.1. The van der Waals surface area contributed by atoms with Gasteiger partial charge in [-0.15, -0.1) is 0 Å². The number of para-hydroxylation sites is 1. The predicted molar refractivity (Wildman–Crippen MR) is 150 cm³/mol. The molecule has 0 radical (unpaired) electrons. The van der Waals surface area contributed by atoms with Gasteiger partial charge in [0, 0.05) is 42.8 Å². The van der Waals surface area contributed by atoms with Crippen LogP contribution in [0.5, 0.6) is 11.5 Å². The highest BCUT2D eigenvalue weighted by atomic mass is 32.2. The van der Waals surface area contributed by atoms with E-state index in [0.29, 0.717) is 40.7 Å². The third kappa shape index (κ3) is 5.91. The summed E-state index contributed by atoms with van der Waals surface area (Å²) in [4.78, 5) is 31.3. The summed E-state index contributed by atoms with van der Waals surface area (Å²) in [5.74, 6) is 0.930. The smallest absolute Gasteiger partial charge is 0.264 e. The number of anilines is 2. The van der Waals surface area contributed by atoms with Gasteiger partial charge in [-0.3, -0.25) is 9.59 Å². The normalized spacial score (nSPS) is 13.8. The van der Waals surface area contributed by atoms with Gasteiger partial charge in [-0.1, -0.05) is 36.0 Å². The molecule has 0 unspecified atom stereocenters. The lowest BCUT2D eigenvalue weighted by Gasteiger charge is -2.27. The Balaban J connectivity index is 1.45. The van der Waals surface area contributed by atoms with Crippen LogP contribution in [0.2, 0.25) is 0 Å². The number of amides is 2. The highest BCUT2D eigenvalue weighted by molar-refractivity contribution is 8.04. The summed E-state index contributed by atoms with van der Waals surface area (Å²) in [5, 5.41) is 3.00. The van der Waals surface area contributed by atoms with Gasteiger partial charge < -0.3 is 24.6 Å². The van der Waals surface area contributed by atoms with Gasteiger partial charge in [0.2, 0.25) is 0 Å². The Kier molecular flexibility index (Phi) is 8.40. The quantitative estimate of drug-likeness (QED) is 0.400. The van der Waals surface area contributed by atoms with Crippen LogP contribution >= 0.6 is 11.8 Å². The molecule has 1 heterocycles. The van der Waals surface area contributed by atoms with Gasteiger partial charge in [0.05, 0.1) is 24.8 Å². The van der Waals surface area contributed by atoms with E-state index in [-0.39, 0.29) is 11.8 Å². The third-order valence-electron chi connectivity index (χ3n) is 6.19. The Bertz CT molecular complexity index is 1310. The van der Waals surface area contributed by atoms with Gasteiger partial charge in [0.25, 0.3) is 11.8 Å². The second-order valence-electron chi connectivity index (χ2n) is 8.44. The summed E-state index contributed by atoms with van der Waals surface area (Å²) in [6, 6.07) is 21.1. The maximum Gasteiger partial charge on any atom is 0.264 e. The van der Waals surface area contributed by atoms with E-state index in [1.807, 2.05) is 48.5 Å². The Morgan fingerprint density at radius 2 is 1.78 bits per heavy atom. The molecule has 0 saturated carbocycles. The van der Waals surface area contributed by atoms with Crippen LogP contribution in [0.1, 0.15) is 22.8 Å². The number of hydrogen-bond donors (Lipinski definition) is 1. The van der Waals surface area contributed by atoms with Crippen molar-refractivity contribution in [3.63, 3.8) is 0 Å². The molecule has 1 aliphatic rings. The van der Waals surface area contributed by atoms with Crippen LogP contribution in [0.25, 0.3) is 6.08 Å². The molecule has 1 aliphatic heterocycles. The van der Waals surface area contributed by atoms with E-state index in [9.17, 15) is 9.59 Å². The minimum absolute atomic E-state index is 0.133. The minimum Gasteiger partial charge on any atom is -0.493 e. The van der Waals surface area contributed by atoms with Crippen LogP contribution in [0.3, 0.4) is 0 Å². The van der Waals surface area contributed by atoms with Gasteiger partial charge in [0.15, 0.2) is 11.5 Å². The molecular weight excluding hydrogens is 486 g/mol. The van der Waals surface area contributed by atoms with E-state index >= 15 is 0 Å². The van der Waals surface area contributed by atoms with E-state index in [1.54, 1.807) is 38.3 Å². The molecule has 37 heavy (non-hydrogen) atoms. The number of methoxy groups -OCH3 is 2. The van der Waals surface area contributed by atoms with Crippen LogP contribution in [0.4, 0.5) is 11.4 Å². The molecule has 0 saturated heterocycles. The number of ether oxygens (including phenoxy) is 2. The molecular formula is C29H31N3O4S. The second kappa shape index (κ2) is 11.9. The van der Waals surface area contributed by atoms with Gasteiger partial charge in [0.1, 0.15) is 0 Å². The van der Waals surface area contributed by atoms with Crippen molar-refractivity contribution in [2.75, 3.05) is 50.7 Å². The van der Waals surface area contributed by atoms with Crippen LogP contribution in [-0.2, 0) is 4.79 Å². The van der Waals surface area contributed by atoms with E-state index in [2.05, 4.69) is 29.3 Å². The Morgan fingerprint density at radius 3 is 2.49 bits per heavy atom. The number of fused-ring (bicyclic) bond motifs is 1. The summed E-state index contributed by atoms with van der Waals surface area (Å²) in [5.41, 5.74) is 3.20. The zero-order chi connectivity index (χ0) is 26.4. The summed E-state index contributed by atoms with van der Waals surface area (Å²) < 4.78 is 10.7. The van der Waals surface area contributed by atoms with Crippen molar-refractivity contribution in [3.8, 4) is 11.5 Å². The average molecular weight is 518 g/mol. The molecule has 192 valence electrons. The van der Waals surface area contributed by atoms with E-state index in [0.717, 1.165) is 22.7 Å². The van der Waals surface area contributed by atoms with Crippen molar-refractivity contribution in [2.45, 2.75) is 11.8 Å². The maximum atomic E-state index is 13.1. The Hall–Kier alpha value is -3.91. The van der Waals surface area contributed by atoms with Crippen molar-refractivity contribution >= 4 is 41.0 Å². The van der Waals surface area contributed by atoms with Crippen molar-refractivity contribution in [1.82, 2.24) is 5.32 Å². The highest BCUT2D eigenvalue weighted by Crippen LogP contribution is 2.42. The van der Waals surface area contributed by atoms with Gasteiger partial charge in [-0.2, -0.15) is 0 Å². The van der Waals surface area contributed by atoms with Gasteiger partial charge in [-0.05, 0) is 61.0 Å². The number of thioether (sulfide) groups is 1. The van der Waals surface area contributed by atoms with Crippen molar-refractivity contribution in [1.29, 1.82) is 0 Å². The van der Waals surface area contributed by atoms with Crippen molar-refractivity contribution < 1.29 is 19.1 Å². The van der Waals surface area contributed by atoms with Gasteiger partial charge in [-0.25, -0.2) is 0 Å². The standard InChI is InChI=1S/C29H31N3O4S/c1-5-32(22-9-7-6-8-10-22)16-15-30-28(33)21-12-14-26-23(19-21)31(2)29(34)27(37-26)18-20-11-13-24(35-3)25(17-20)36-4/h6-14,17-19H,5,15-16H2,1-4H3,(H,30,33)/b27-18-. The lowest BCUT2D eigenvalue weighted by molar-refractivity contribution is -0.114. The van der Waals surface area contributed by atoms with Crippen LogP contribution in [0.15, 0.2) is 76.5 Å². The molecule has 3 aromatic carbocycles. The number of likely N-dealkylation sites (N-methyl/N-ethyl adjacent to an activating group) is 2. The molecule has 8 heteroatoms. The summed E-state index contributed by atoms with van der Waals surface area (Å²) in [7, 11) is 4.89. The first-order valence-electron chi connectivity index (χ1n) is 12.1. The number of benzene rings is 3. The fraction of sp³-hybridized carbons (Fsp3) is 0.241. The SMILES string of the molecule is CCN(CCNC(=O)c1ccc2c(c1)N(C)C(=O)/C(=C/c1ccc(OC)c(OC)c1)S2)c1ccccc1. The summed E-state index contributed by atoms with van der Waals surface area (Å²) >= 11 is 1.39. The number of nitrogens with zero attached hydrogens (tertiary/aromatic N) is 2. The largest absolute Gasteiger partial charge is 0.493 e. The number of rotatable bonds is 9. The van der Waals surface area contributed by atoms with Crippen molar-refractivity contribution in [3.05, 3.63) is 82.8 Å². The molecule has 0 aromatic heterocycles. The minimum atomic E-state index is -0.163. The van der Waals surface area contributed by atoms with E-state index in [1.165, 1.54) is 11.8 Å². The molecule has 0 atom stereocenters. The zero-order valence-electron chi connectivity index (χ0n) is 21.5. The van der Waals surface area contributed by atoms with Crippen LogP contribution in [0, 0.1) is 0 Å². The molecule has 7 nitrogen and oxygen atoms in total. The molecule has 0 bridgehead atoms. The first kappa shape index (κ1) is 26.2. The van der Waals surface area contributed by atoms with E-state index < -0.39 is 0 Å². The molecule has 4 rings (SSSR count). The molecule has 1 N–H and O–H groups in total. The monoisotopic (exact) mass is 517 g/mol. The third-order valence-corrected chi connectivity index (χ3v) is 7.27. The fourth-order valence-electron chi connectivity index (χ4n) is 4.14. The molecule has 3 aromatic rings. The Labute approximate surface area is 222 Å². The first-order valence-corrected chi connectivity index (χ1v) is 12.9. The predicted octanol–water partition coefficient (Wildman–Crippen LogP) is 5.07. The topological polar surface area (TPSA) is 71.1 Å². The summed E-state index contributed by atoms with van der Waals surface area (Å²) in [6.45, 7) is 4.16. The zero-order valence-corrected chi connectivity index (χ0v) is 22.3. The highest BCUT2D eigenvalue weighted by Gasteiger charge is 2.27. The molecule has 0 aliphatic carbocycles. The average Bonchev–Trinajstić information content (AvgIpc) is 2.94. The summed E-state index contributed by atoms with van der Waals surface area (Å²) in [6.07, 6.45) is 1.83. The number of carbonyl (C=O) groups excluding carboxylic acids is 2. The van der Waals surface area contributed by atoms with Crippen LogP contribution < -0.4 is 24.6 Å². The van der Waals surface area contributed by atoms with Crippen molar-refractivity contribution in [2.24, 2.45) is 0 Å². The number of carbonyl (C=O) groups is 2. The molecule has 0 fully saturated rings. The lowest BCUT2D eigenvalue weighted by Crippen LogP contribution is -2.35. The fourth-order valence-corrected chi connectivity index (χ4v) is 5.24. The Morgan fingerprint density at radius 1 is 1.03 bits per heavy atom. The van der Waals surface area contributed by atoms with Crippen LogP contribution in [-0.4, -0.2) is 52.7 Å². The first-order chi connectivity index (χ1) is 17.9. The second-order valence-corrected chi connectivity index (χ2v) is 9.53. The lowest BCUT2D eigenvalue weighted by atomic mass is 10.1. The molecule has 2 amide bonds. The molecule has 0 spiro atoms.